The first-order chi connectivity index (χ1) is 15.3. The highest BCUT2D eigenvalue weighted by Gasteiger charge is 2.22. The van der Waals surface area contributed by atoms with Crippen molar-refractivity contribution in [1.82, 2.24) is 5.32 Å². The van der Waals surface area contributed by atoms with E-state index in [2.05, 4.69) is 5.32 Å². The second-order valence-corrected chi connectivity index (χ2v) is 8.62. The summed E-state index contributed by atoms with van der Waals surface area (Å²) in [5.41, 5.74) is 0.852. The quantitative estimate of drug-likeness (QED) is 0.552. The van der Waals surface area contributed by atoms with Crippen molar-refractivity contribution >= 4 is 33.5 Å². The Kier molecular flexibility index (Phi) is 7.01. The molecule has 3 rings (SSSR count). The van der Waals surface area contributed by atoms with E-state index in [0.717, 1.165) is 4.31 Å². The average molecular weight is 452 g/mol. The van der Waals surface area contributed by atoms with Gasteiger partial charge in [0.25, 0.3) is 21.8 Å². The number of nitrogens with zero attached hydrogens (tertiary/aromatic N) is 1. The standard InChI is InChI=1S/C23H20N2O6S/c1-25(19-10-6-3-7-11-19)32(29,30)20-14-12-18(13-15-20)23(28)31-16-21(26)24-22(27)17-8-4-2-5-9-17/h2-15H,16H2,1H3,(H,24,26,27). The van der Waals surface area contributed by atoms with Crippen LogP contribution in [0.4, 0.5) is 5.69 Å². The van der Waals surface area contributed by atoms with Gasteiger partial charge in [-0.2, -0.15) is 0 Å². The Morgan fingerprint density at radius 3 is 1.97 bits per heavy atom. The normalized spacial score (nSPS) is 10.8. The summed E-state index contributed by atoms with van der Waals surface area (Å²) in [4.78, 5) is 36.0. The SMILES string of the molecule is CN(c1ccccc1)S(=O)(=O)c1ccc(C(=O)OCC(=O)NC(=O)c2ccccc2)cc1. The van der Waals surface area contributed by atoms with Gasteiger partial charge in [-0.15, -0.1) is 0 Å². The lowest BCUT2D eigenvalue weighted by Gasteiger charge is -2.19. The van der Waals surface area contributed by atoms with Gasteiger partial charge in [0, 0.05) is 12.6 Å². The molecule has 0 atom stereocenters. The number of para-hydroxylation sites is 1. The van der Waals surface area contributed by atoms with E-state index in [1.165, 1.54) is 31.3 Å². The fourth-order valence-corrected chi connectivity index (χ4v) is 3.93. The van der Waals surface area contributed by atoms with Crippen molar-refractivity contribution in [1.29, 1.82) is 0 Å². The summed E-state index contributed by atoms with van der Waals surface area (Å²) in [5, 5.41) is 2.12. The van der Waals surface area contributed by atoms with E-state index in [1.807, 2.05) is 0 Å². The minimum absolute atomic E-state index is 0.00777. The molecule has 0 heterocycles. The van der Waals surface area contributed by atoms with Crippen molar-refractivity contribution in [3.05, 3.63) is 96.1 Å². The van der Waals surface area contributed by atoms with Crippen molar-refractivity contribution in [2.75, 3.05) is 18.0 Å². The first kappa shape index (κ1) is 22.7. The highest BCUT2D eigenvalue weighted by Crippen LogP contribution is 2.22. The smallest absolute Gasteiger partial charge is 0.338 e. The third-order valence-corrected chi connectivity index (χ3v) is 6.29. The van der Waals surface area contributed by atoms with Gasteiger partial charge in [0.05, 0.1) is 16.1 Å². The summed E-state index contributed by atoms with van der Waals surface area (Å²) in [6, 6.07) is 21.8. The largest absolute Gasteiger partial charge is 0.452 e. The molecule has 0 saturated carbocycles. The predicted molar refractivity (Wildman–Crippen MR) is 118 cm³/mol. The number of carbonyl (C=O) groups is 3. The first-order valence-corrected chi connectivity index (χ1v) is 10.9. The van der Waals surface area contributed by atoms with Crippen molar-refractivity contribution in [3.8, 4) is 0 Å². The summed E-state index contributed by atoms with van der Waals surface area (Å²) < 4.78 is 31.6. The van der Waals surface area contributed by atoms with E-state index in [-0.39, 0.29) is 10.5 Å². The lowest BCUT2D eigenvalue weighted by Crippen LogP contribution is -2.34. The second-order valence-electron chi connectivity index (χ2n) is 6.65. The monoisotopic (exact) mass is 452 g/mol. The second kappa shape index (κ2) is 9.88. The minimum atomic E-state index is -3.82. The lowest BCUT2D eigenvalue weighted by atomic mass is 10.2. The molecule has 3 aromatic carbocycles. The van der Waals surface area contributed by atoms with Crippen LogP contribution in [-0.2, 0) is 19.6 Å². The fraction of sp³-hybridized carbons (Fsp3) is 0.0870. The van der Waals surface area contributed by atoms with Crippen LogP contribution >= 0.6 is 0 Å². The van der Waals surface area contributed by atoms with Crippen molar-refractivity contribution < 1.29 is 27.5 Å². The summed E-state index contributed by atoms with van der Waals surface area (Å²) in [7, 11) is -2.39. The molecule has 0 aliphatic heterocycles. The number of amides is 2. The molecule has 0 unspecified atom stereocenters. The molecule has 0 bridgehead atoms. The van der Waals surface area contributed by atoms with Gasteiger partial charge in [-0.25, -0.2) is 13.2 Å². The van der Waals surface area contributed by atoms with Crippen LogP contribution in [0.3, 0.4) is 0 Å². The van der Waals surface area contributed by atoms with Crippen molar-refractivity contribution in [3.63, 3.8) is 0 Å². The summed E-state index contributed by atoms with van der Waals surface area (Å²) in [5.74, 6) is -2.22. The molecule has 8 nitrogen and oxygen atoms in total. The maximum Gasteiger partial charge on any atom is 0.338 e. The molecule has 0 aliphatic rings. The van der Waals surface area contributed by atoms with E-state index < -0.39 is 34.4 Å². The number of sulfonamides is 1. The minimum Gasteiger partial charge on any atom is -0.452 e. The number of carbonyl (C=O) groups excluding carboxylic acids is 3. The van der Waals surface area contributed by atoms with Crippen molar-refractivity contribution in [2.45, 2.75) is 4.90 Å². The van der Waals surface area contributed by atoms with Crippen LogP contribution in [0.15, 0.2) is 89.8 Å². The molecule has 1 N–H and O–H groups in total. The zero-order valence-electron chi connectivity index (χ0n) is 17.1. The molecular formula is C23H20N2O6S. The molecule has 0 radical (unpaired) electrons. The number of rotatable bonds is 7. The van der Waals surface area contributed by atoms with E-state index in [9.17, 15) is 22.8 Å². The van der Waals surface area contributed by atoms with Gasteiger partial charge in [0.2, 0.25) is 0 Å². The highest BCUT2D eigenvalue weighted by atomic mass is 32.2. The predicted octanol–water partition coefficient (Wildman–Crippen LogP) is 2.63. The van der Waals surface area contributed by atoms with Gasteiger partial charge in [0.1, 0.15) is 0 Å². The average Bonchev–Trinajstić information content (AvgIpc) is 2.83. The zero-order chi connectivity index (χ0) is 23.1. The molecule has 0 spiro atoms. The summed E-state index contributed by atoms with van der Waals surface area (Å²) >= 11 is 0. The van der Waals surface area contributed by atoms with Crippen LogP contribution in [0.5, 0.6) is 0 Å². The van der Waals surface area contributed by atoms with Gasteiger partial charge in [0.15, 0.2) is 6.61 Å². The van der Waals surface area contributed by atoms with Crippen LogP contribution in [0.25, 0.3) is 0 Å². The Morgan fingerprint density at radius 1 is 0.812 bits per heavy atom. The Bertz CT molecular complexity index is 1210. The van der Waals surface area contributed by atoms with Crippen LogP contribution in [-0.4, -0.2) is 39.9 Å². The third-order valence-electron chi connectivity index (χ3n) is 4.49. The van der Waals surface area contributed by atoms with Crippen molar-refractivity contribution in [2.24, 2.45) is 0 Å². The lowest BCUT2D eigenvalue weighted by molar-refractivity contribution is -0.123. The molecular weight excluding hydrogens is 432 g/mol. The number of esters is 1. The van der Waals surface area contributed by atoms with Gasteiger partial charge < -0.3 is 4.74 Å². The molecule has 2 amide bonds. The third kappa shape index (κ3) is 5.38. The van der Waals surface area contributed by atoms with Gasteiger partial charge in [-0.3, -0.25) is 19.2 Å². The van der Waals surface area contributed by atoms with E-state index in [4.69, 9.17) is 4.74 Å². The molecule has 32 heavy (non-hydrogen) atoms. The summed E-state index contributed by atoms with van der Waals surface area (Å²) in [6.07, 6.45) is 0. The van der Waals surface area contributed by atoms with E-state index in [0.29, 0.717) is 11.3 Å². The number of anilines is 1. The van der Waals surface area contributed by atoms with Crippen LogP contribution in [0.1, 0.15) is 20.7 Å². The van der Waals surface area contributed by atoms with E-state index in [1.54, 1.807) is 60.7 Å². The van der Waals surface area contributed by atoms with Crippen LogP contribution in [0.2, 0.25) is 0 Å². The number of benzene rings is 3. The Labute approximate surface area is 185 Å². The highest BCUT2D eigenvalue weighted by molar-refractivity contribution is 7.92. The maximum atomic E-state index is 12.8. The number of imide groups is 1. The molecule has 164 valence electrons. The van der Waals surface area contributed by atoms with Crippen LogP contribution in [0, 0.1) is 0 Å². The first-order valence-electron chi connectivity index (χ1n) is 9.49. The fourth-order valence-electron chi connectivity index (χ4n) is 2.74. The molecule has 0 fully saturated rings. The Morgan fingerprint density at radius 2 is 1.38 bits per heavy atom. The number of ether oxygens (including phenoxy) is 1. The molecule has 9 heteroatoms. The Balaban J connectivity index is 1.59. The summed E-state index contributed by atoms with van der Waals surface area (Å²) in [6.45, 7) is -0.659. The van der Waals surface area contributed by atoms with Gasteiger partial charge in [-0.05, 0) is 48.5 Å². The number of nitrogens with one attached hydrogen (secondary N) is 1. The zero-order valence-corrected chi connectivity index (χ0v) is 17.9. The number of hydrogen-bond donors (Lipinski definition) is 1. The van der Waals surface area contributed by atoms with Crippen LogP contribution < -0.4 is 9.62 Å². The Hall–Kier alpha value is -3.98. The van der Waals surface area contributed by atoms with Gasteiger partial charge in [-0.1, -0.05) is 36.4 Å². The molecule has 0 aromatic heterocycles. The topological polar surface area (TPSA) is 110 Å². The van der Waals surface area contributed by atoms with E-state index >= 15 is 0 Å². The van der Waals surface area contributed by atoms with Gasteiger partial charge >= 0.3 is 5.97 Å². The maximum absolute atomic E-state index is 12.8. The molecule has 3 aromatic rings. The molecule has 0 saturated heterocycles. The number of hydrogen-bond acceptors (Lipinski definition) is 6. The molecule has 0 aliphatic carbocycles.